The van der Waals surface area contributed by atoms with Crippen LogP contribution in [0.15, 0.2) is 66.3 Å². The minimum Gasteiger partial charge on any atom is -0.235 e. The van der Waals surface area contributed by atoms with Gasteiger partial charge in [-0.1, -0.05) is 66.2 Å². The number of rotatable bonds is 2. The fraction of sp³-hybridized carbons (Fsp3) is 0. The lowest BCUT2D eigenvalue weighted by molar-refractivity contribution is 1.23. The molecule has 22 heavy (non-hydrogen) atoms. The predicted molar refractivity (Wildman–Crippen MR) is 93.3 cm³/mol. The first-order valence-corrected chi connectivity index (χ1v) is 8.12. The molecular weight excluding hydrogens is 312 g/mol. The van der Waals surface area contributed by atoms with Crippen LogP contribution in [0.3, 0.4) is 0 Å². The number of benzene rings is 2. The Morgan fingerprint density at radius 1 is 0.773 bits per heavy atom. The van der Waals surface area contributed by atoms with Gasteiger partial charge in [0.25, 0.3) is 0 Å². The smallest absolute Gasteiger partial charge is 0.150 e. The molecule has 0 bridgehead atoms. The summed E-state index contributed by atoms with van der Waals surface area (Å²) in [4.78, 5) is 8.41. The average Bonchev–Trinajstić information content (AvgIpc) is 3.01. The van der Waals surface area contributed by atoms with Gasteiger partial charge in [0.05, 0.1) is 10.2 Å². The summed E-state index contributed by atoms with van der Waals surface area (Å²) >= 11 is 7.70. The molecule has 0 N–H and O–H groups in total. The first-order valence-electron chi connectivity index (χ1n) is 6.86. The lowest BCUT2D eigenvalue weighted by Crippen LogP contribution is -1.82. The van der Waals surface area contributed by atoms with Crippen molar-refractivity contribution >= 4 is 33.2 Å². The van der Waals surface area contributed by atoms with E-state index in [1.165, 1.54) is 17.5 Å². The van der Waals surface area contributed by atoms with Gasteiger partial charge in [-0.3, -0.25) is 0 Å². The molecule has 0 saturated carbocycles. The van der Waals surface area contributed by atoms with Crippen LogP contribution < -0.4 is 0 Å². The van der Waals surface area contributed by atoms with E-state index in [0.717, 1.165) is 21.3 Å². The summed E-state index contributed by atoms with van der Waals surface area (Å²) in [6.07, 6.45) is 1.51. The van der Waals surface area contributed by atoms with Crippen LogP contribution in [-0.2, 0) is 0 Å². The SMILES string of the molecule is Clc1ncnc2c(-c3ccc(-c4ccccc4)cc3)csc12. The van der Waals surface area contributed by atoms with Crippen LogP contribution in [0.2, 0.25) is 5.15 Å². The third-order valence-electron chi connectivity index (χ3n) is 3.61. The molecule has 0 fully saturated rings. The molecule has 0 saturated heterocycles. The number of thiophene rings is 1. The number of hydrogen-bond donors (Lipinski definition) is 0. The normalized spacial score (nSPS) is 11.0. The Morgan fingerprint density at radius 3 is 2.23 bits per heavy atom. The third kappa shape index (κ3) is 2.28. The molecule has 4 heteroatoms. The van der Waals surface area contributed by atoms with Crippen molar-refractivity contribution < 1.29 is 0 Å². The number of aromatic nitrogens is 2. The highest BCUT2D eigenvalue weighted by Gasteiger charge is 2.11. The minimum atomic E-state index is 0.516. The van der Waals surface area contributed by atoms with Crippen LogP contribution >= 0.6 is 22.9 Å². The second kappa shape index (κ2) is 5.52. The van der Waals surface area contributed by atoms with Crippen LogP contribution in [0.4, 0.5) is 0 Å². The molecule has 0 atom stereocenters. The molecule has 0 aliphatic carbocycles. The van der Waals surface area contributed by atoms with Gasteiger partial charge in [0.15, 0.2) is 0 Å². The fourth-order valence-corrected chi connectivity index (χ4v) is 3.67. The monoisotopic (exact) mass is 322 g/mol. The maximum atomic E-state index is 6.12. The van der Waals surface area contributed by atoms with Crippen LogP contribution in [0.25, 0.3) is 32.5 Å². The summed E-state index contributed by atoms with van der Waals surface area (Å²) in [7, 11) is 0. The second-order valence-corrected chi connectivity index (χ2v) is 6.17. The molecule has 0 spiro atoms. The van der Waals surface area contributed by atoms with Gasteiger partial charge in [0, 0.05) is 10.9 Å². The molecule has 106 valence electrons. The van der Waals surface area contributed by atoms with E-state index in [2.05, 4.69) is 63.9 Å². The number of halogens is 1. The Balaban J connectivity index is 1.78. The molecule has 0 amide bonds. The van der Waals surface area contributed by atoms with E-state index < -0.39 is 0 Å². The molecule has 4 aromatic rings. The molecule has 2 aromatic heterocycles. The molecule has 0 unspecified atom stereocenters. The van der Waals surface area contributed by atoms with Gasteiger partial charge in [0.1, 0.15) is 11.5 Å². The zero-order valence-corrected chi connectivity index (χ0v) is 13.1. The van der Waals surface area contributed by atoms with Gasteiger partial charge in [-0.2, -0.15) is 0 Å². The highest BCUT2D eigenvalue weighted by atomic mass is 35.5. The third-order valence-corrected chi connectivity index (χ3v) is 4.99. The quantitative estimate of drug-likeness (QED) is 0.444. The predicted octanol–water partition coefficient (Wildman–Crippen LogP) is 5.68. The van der Waals surface area contributed by atoms with Crippen LogP contribution in [0.1, 0.15) is 0 Å². The maximum absolute atomic E-state index is 6.12. The largest absolute Gasteiger partial charge is 0.235 e. The molecule has 4 rings (SSSR count). The number of nitrogens with zero attached hydrogens (tertiary/aromatic N) is 2. The van der Waals surface area contributed by atoms with Gasteiger partial charge in [-0.25, -0.2) is 9.97 Å². The molecular formula is C18H11ClN2S. The topological polar surface area (TPSA) is 25.8 Å². The number of fused-ring (bicyclic) bond motifs is 1. The Morgan fingerprint density at radius 2 is 1.45 bits per heavy atom. The van der Waals surface area contributed by atoms with E-state index in [0.29, 0.717) is 5.15 Å². The van der Waals surface area contributed by atoms with Crippen molar-refractivity contribution in [2.24, 2.45) is 0 Å². The molecule has 2 nitrogen and oxygen atoms in total. The Hall–Kier alpha value is -2.23. The summed E-state index contributed by atoms with van der Waals surface area (Å²) in [5.74, 6) is 0. The Labute approximate surface area is 137 Å². The fourth-order valence-electron chi connectivity index (χ4n) is 2.50. The first-order chi connectivity index (χ1) is 10.8. The highest BCUT2D eigenvalue weighted by molar-refractivity contribution is 7.18. The summed E-state index contributed by atoms with van der Waals surface area (Å²) in [6.45, 7) is 0. The van der Waals surface area contributed by atoms with E-state index in [1.807, 2.05) is 6.07 Å². The van der Waals surface area contributed by atoms with Crippen molar-refractivity contribution in [2.75, 3.05) is 0 Å². The van der Waals surface area contributed by atoms with E-state index >= 15 is 0 Å². The van der Waals surface area contributed by atoms with Crippen LogP contribution in [-0.4, -0.2) is 9.97 Å². The van der Waals surface area contributed by atoms with Gasteiger partial charge < -0.3 is 0 Å². The Bertz CT molecular complexity index is 930. The summed E-state index contributed by atoms with van der Waals surface area (Å²) in [5.41, 5.74) is 5.58. The van der Waals surface area contributed by atoms with E-state index in [1.54, 1.807) is 11.3 Å². The zero-order valence-electron chi connectivity index (χ0n) is 11.5. The average molecular weight is 323 g/mol. The highest BCUT2D eigenvalue weighted by Crippen LogP contribution is 2.35. The number of hydrogen-bond acceptors (Lipinski definition) is 3. The summed E-state index contributed by atoms with van der Waals surface area (Å²) < 4.78 is 0.936. The van der Waals surface area contributed by atoms with Crippen molar-refractivity contribution in [3.05, 3.63) is 71.5 Å². The van der Waals surface area contributed by atoms with Crippen molar-refractivity contribution in [3.8, 4) is 22.3 Å². The molecule has 2 heterocycles. The lowest BCUT2D eigenvalue weighted by Gasteiger charge is -2.04. The lowest BCUT2D eigenvalue weighted by atomic mass is 10.0. The van der Waals surface area contributed by atoms with E-state index in [9.17, 15) is 0 Å². The van der Waals surface area contributed by atoms with Crippen LogP contribution in [0.5, 0.6) is 0 Å². The van der Waals surface area contributed by atoms with E-state index in [-0.39, 0.29) is 0 Å². The van der Waals surface area contributed by atoms with Gasteiger partial charge in [-0.05, 0) is 16.7 Å². The standard InChI is InChI=1S/C18H11ClN2S/c19-18-17-16(20-11-21-18)15(10-22-17)14-8-6-13(7-9-14)12-4-2-1-3-5-12/h1-11H. The van der Waals surface area contributed by atoms with Crippen LogP contribution in [0, 0.1) is 0 Å². The van der Waals surface area contributed by atoms with Crippen molar-refractivity contribution in [2.45, 2.75) is 0 Å². The first kappa shape index (κ1) is 13.4. The molecule has 2 aromatic carbocycles. The van der Waals surface area contributed by atoms with Gasteiger partial charge in [-0.15, -0.1) is 11.3 Å². The van der Waals surface area contributed by atoms with Crippen molar-refractivity contribution in [1.82, 2.24) is 9.97 Å². The Kier molecular flexibility index (Phi) is 3.37. The molecule has 0 aliphatic rings. The van der Waals surface area contributed by atoms with Gasteiger partial charge in [0.2, 0.25) is 0 Å². The van der Waals surface area contributed by atoms with Gasteiger partial charge >= 0.3 is 0 Å². The minimum absolute atomic E-state index is 0.516. The zero-order chi connectivity index (χ0) is 14.9. The molecule has 0 aliphatic heterocycles. The summed E-state index contributed by atoms with van der Waals surface area (Å²) in [6, 6.07) is 18.9. The maximum Gasteiger partial charge on any atom is 0.150 e. The van der Waals surface area contributed by atoms with E-state index in [4.69, 9.17) is 11.6 Å². The van der Waals surface area contributed by atoms with Crippen molar-refractivity contribution in [1.29, 1.82) is 0 Å². The summed E-state index contributed by atoms with van der Waals surface area (Å²) in [5, 5.41) is 2.60. The second-order valence-electron chi connectivity index (χ2n) is 4.93. The van der Waals surface area contributed by atoms with Crippen molar-refractivity contribution in [3.63, 3.8) is 0 Å². The molecule has 0 radical (unpaired) electrons.